The Bertz CT molecular complexity index is 3560. The lowest BCUT2D eigenvalue weighted by molar-refractivity contribution is 0.793. The van der Waals surface area contributed by atoms with Gasteiger partial charge >= 0.3 is 0 Å². The monoisotopic (exact) mass is 587 g/mol. The Morgan fingerprint density at radius 1 is 0.341 bits per heavy atom. The maximum Gasteiger partial charge on any atom is 0.0726 e. The zero-order chi connectivity index (χ0) is 53.5. The summed E-state index contributed by atoms with van der Waals surface area (Å²) in [6.45, 7) is 0. The number of rotatable bonds is 4. The summed E-state index contributed by atoms with van der Waals surface area (Å²) in [5.74, 6) is 0. The van der Waals surface area contributed by atoms with Crippen LogP contribution >= 0.6 is 0 Å². The van der Waals surface area contributed by atoms with Gasteiger partial charge in [0.05, 0.1) is 43.8 Å². The molecule has 2 aliphatic rings. The molecule has 0 N–H and O–H groups in total. The first kappa shape index (κ1) is 9.67. The van der Waals surface area contributed by atoms with Crippen LogP contribution < -0.4 is 4.90 Å². The summed E-state index contributed by atoms with van der Waals surface area (Å²) in [6, 6.07) is -26.3. The molecule has 1 heteroatoms. The predicted octanol–water partition coefficient (Wildman–Crippen LogP) is 11.2. The number of hydrogen-bond donors (Lipinski definition) is 0. The minimum atomic E-state index is -2.73. The molecule has 0 atom stereocenters. The predicted molar refractivity (Wildman–Crippen MR) is 183 cm³/mol. The van der Waals surface area contributed by atoms with Gasteiger partial charge < -0.3 is 4.90 Å². The molecule has 7 aromatic rings. The number of hydrogen-bond acceptors (Lipinski definition) is 1. The molecule has 0 aliphatic heterocycles. The number of benzene rings is 7. The lowest BCUT2D eigenvalue weighted by Crippen LogP contribution is -2.26. The zero-order valence-electron chi connectivity index (χ0n) is 50.0. The van der Waals surface area contributed by atoms with E-state index in [1.165, 1.54) is 0 Å². The van der Waals surface area contributed by atoms with Gasteiger partial charge in [-0.15, -0.1) is 0 Å². The molecule has 0 saturated heterocycles. The minimum Gasteiger partial charge on any atom is -0.310 e. The maximum atomic E-state index is 9.76. The Hall–Kier alpha value is -5.66. The highest BCUT2D eigenvalue weighted by atomic mass is 15.1. The van der Waals surface area contributed by atoms with Crippen molar-refractivity contribution in [2.24, 2.45) is 0 Å². The van der Waals surface area contributed by atoms with Crippen LogP contribution in [0.4, 0.5) is 17.1 Å². The Morgan fingerprint density at radius 2 is 0.750 bits per heavy atom. The SMILES string of the molecule is [2H]c1c(N(c2c([2H])c([2H])c([2H])c([2H])c2[2H])c2c([2H])c([2H])c(-c3c([2H])c([2H])c([2H])c([2H])c3[2H])c([2H])c2[2H])cc2c(c1[2H])-c1c([2H])c([2H])c([2H])c([2H])c1C21c2c([2H])c([2H])c([2H])c([2H])c2-c2c([2H])c([2H])c([2H])c([2H])c21. The molecule has 0 fully saturated rings. The summed E-state index contributed by atoms with van der Waals surface area (Å²) in [4.78, 5) is 0.497. The van der Waals surface area contributed by atoms with Gasteiger partial charge in [0.15, 0.2) is 0 Å². The average molecular weight is 588 g/mol. The fraction of sp³-hybridized carbons (Fsp3) is 0.0233. The molecular weight excluding hydrogens is 530 g/mol. The van der Waals surface area contributed by atoms with Crippen LogP contribution in [0.1, 0.15) is 60.6 Å². The van der Waals surface area contributed by atoms with Crippen LogP contribution in [0.5, 0.6) is 0 Å². The van der Waals surface area contributed by atoms with Crippen LogP contribution in [0.2, 0.25) is 0 Å². The molecule has 0 radical (unpaired) electrons. The molecule has 44 heavy (non-hydrogen) atoms. The Morgan fingerprint density at radius 3 is 1.32 bits per heavy atom. The van der Waals surface area contributed by atoms with Gasteiger partial charge in [-0.05, 0) is 91.9 Å². The summed E-state index contributed by atoms with van der Waals surface area (Å²) < 4.78 is 251. The molecule has 0 heterocycles. The highest BCUT2D eigenvalue weighted by Crippen LogP contribution is 2.63. The van der Waals surface area contributed by atoms with Crippen molar-refractivity contribution in [3.05, 3.63) is 198 Å². The molecule has 9 rings (SSSR count). The molecule has 2 aliphatic carbocycles. The second-order valence-electron chi connectivity index (χ2n) is 9.60. The van der Waals surface area contributed by atoms with Crippen molar-refractivity contribution in [1.82, 2.24) is 0 Å². The van der Waals surface area contributed by atoms with E-state index in [0.29, 0.717) is 4.90 Å². The Kier molecular flexibility index (Phi) is 2.13. The van der Waals surface area contributed by atoms with Crippen LogP contribution in [0.15, 0.2) is 175 Å². The van der Waals surface area contributed by atoms with Gasteiger partial charge in [0.25, 0.3) is 0 Å². The minimum absolute atomic E-state index is 0.497. The van der Waals surface area contributed by atoms with Crippen LogP contribution in [-0.2, 0) is 5.41 Å². The van der Waals surface area contributed by atoms with E-state index in [9.17, 15) is 16.4 Å². The third-order valence-corrected chi connectivity index (χ3v) is 7.49. The largest absolute Gasteiger partial charge is 0.310 e. The van der Waals surface area contributed by atoms with E-state index in [1.54, 1.807) is 0 Å². The summed E-state index contributed by atoms with van der Waals surface area (Å²) >= 11 is 0. The number of nitrogens with zero attached hydrogens (tertiary/aromatic N) is 1. The smallest absolute Gasteiger partial charge is 0.0726 e. The van der Waals surface area contributed by atoms with E-state index < -0.39 is 247 Å². The molecule has 1 spiro atoms. The Balaban J connectivity index is 1.56. The third-order valence-electron chi connectivity index (χ3n) is 7.49. The van der Waals surface area contributed by atoms with E-state index in [2.05, 4.69) is 0 Å². The number of fused-ring (bicyclic) bond motifs is 10. The average Bonchev–Trinajstić information content (AvgIpc) is 3.83. The van der Waals surface area contributed by atoms with Crippen LogP contribution in [-0.4, -0.2) is 0 Å². The second kappa shape index (κ2) is 9.69. The first-order chi connectivity index (χ1) is 33.5. The molecule has 0 aromatic heterocycles. The number of para-hydroxylation sites is 1. The topological polar surface area (TPSA) is 3.24 Å². The van der Waals surface area contributed by atoms with Gasteiger partial charge in [-0.25, -0.2) is 0 Å². The van der Waals surface area contributed by atoms with Crippen molar-refractivity contribution in [3.63, 3.8) is 0 Å². The fourth-order valence-electron chi connectivity index (χ4n) is 5.80. The lowest BCUT2D eigenvalue weighted by Gasteiger charge is -2.32. The van der Waals surface area contributed by atoms with E-state index in [-0.39, 0.29) is 0 Å². The first-order valence-electron chi connectivity index (χ1n) is 27.0. The first-order valence-corrected chi connectivity index (χ1v) is 13.0. The summed E-state index contributed by atoms with van der Waals surface area (Å²) in [6.07, 6.45) is 0. The quantitative estimate of drug-likeness (QED) is 0.198. The Labute approximate surface area is 297 Å². The highest BCUT2D eigenvalue weighted by molar-refractivity contribution is 5.96. The summed E-state index contributed by atoms with van der Waals surface area (Å²) in [5.41, 5.74) is -11.7. The normalized spacial score (nSPS) is 22.1. The summed E-state index contributed by atoms with van der Waals surface area (Å²) in [5, 5.41) is 0. The van der Waals surface area contributed by atoms with Gasteiger partial charge in [0, 0.05) is 17.1 Å². The van der Waals surface area contributed by atoms with Crippen molar-refractivity contribution in [2.45, 2.75) is 5.41 Å². The number of anilines is 3. The van der Waals surface area contributed by atoms with E-state index >= 15 is 0 Å². The van der Waals surface area contributed by atoms with Crippen LogP contribution in [0, 0.1) is 0 Å². The van der Waals surface area contributed by atoms with Gasteiger partial charge in [-0.1, -0.05) is 139 Å². The van der Waals surface area contributed by atoms with E-state index in [4.69, 9.17) is 21.9 Å². The maximum absolute atomic E-state index is 9.76. The lowest BCUT2D eigenvalue weighted by atomic mass is 9.70. The van der Waals surface area contributed by atoms with E-state index in [1.807, 2.05) is 0 Å². The van der Waals surface area contributed by atoms with Gasteiger partial charge in [-0.2, -0.15) is 0 Å². The highest BCUT2D eigenvalue weighted by Gasteiger charge is 2.51. The van der Waals surface area contributed by atoms with Crippen LogP contribution in [0.3, 0.4) is 0 Å². The van der Waals surface area contributed by atoms with Gasteiger partial charge in [0.2, 0.25) is 0 Å². The molecule has 0 unspecified atom stereocenters. The molecule has 0 bridgehead atoms. The zero-order valence-corrected chi connectivity index (χ0v) is 22.0. The molecular formula is C43H29N. The van der Waals surface area contributed by atoms with Gasteiger partial charge in [0.1, 0.15) is 0 Å². The molecule has 1 nitrogen and oxygen atoms in total. The van der Waals surface area contributed by atoms with Crippen molar-refractivity contribution in [3.8, 4) is 33.4 Å². The third kappa shape index (κ3) is 3.47. The second-order valence-corrected chi connectivity index (χ2v) is 9.60. The molecule has 0 amide bonds. The van der Waals surface area contributed by atoms with Crippen molar-refractivity contribution in [1.29, 1.82) is 0 Å². The molecule has 7 aromatic carbocycles. The van der Waals surface area contributed by atoms with E-state index in [0.717, 1.165) is 6.07 Å². The fourth-order valence-corrected chi connectivity index (χ4v) is 5.80. The van der Waals surface area contributed by atoms with Crippen molar-refractivity contribution < 1.29 is 38.4 Å². The van der Waals surface area contributed by atoms with Crippen molar-refractivity contribution in [2.75, 3.05) is 4.90 Å². The van der Waals surface area contributed by atoms with Crippen LogP contribution in [0.25, 0.3) is 33.4 Å². The summed E-state index contributed by atoms with van der Waals surface area (Å²) in [7, 11) is 0. The molecule has 206 valence electrons. The standard InChI is InChI=1S/C43H29N/c1-3-13-30(14-4-1)31-23-25-33(26-24-31)44(32-15-5-2-6-16-32)34-27-28-38-37-19-9-12-22-41(37)43(42(38)29-34)39-20-10-7-17-35(39)36-18-8-11-21-40(36)43/h1-29H/i1D,2D,3D,4D,5D,6D,7D,8D,9D,10D,11D,12D,13D,14D,15D,16D,17D,18D,19D,20D,21D,22D,23D,24D,25D,26D,27D,28D. The molecule has 0 saturated carbocycles. The van der Waals surface area contributed by atoms with Crippen molar-refractivity contribution >= 4 is 17.1 Å². The van der Waals surface area contributed by atoms with Gasteiger partial charge in [-0.3, -0.25) is 0 Å².